The number of aromatic nitrogens is 2. The first-order valence-electron chi connectivity index (χ1n) is 8.53. The second-order valence-electron chi connectivity index (χ2n) is 6.61. The van der Waals surface area contributed by atoms with E-state index in [4.69, 9.17) is 0 Å². The number of benzene rings is 1. The molecule has 1 aromatic carbocycles. The van der Waals surface area contributed by atoms with Crippen LogP contribution in [0.15, 0.2) is 29.1 Å². The topological polar surface area (TPSA) is 78.1 Å². The van der Waals surface area contributed by atoms with E-state index in [0.717, 1.165) is 12.8 Å². The zero-order chi connectivity index (χ0) is 17.1. The highest BCUT2D eigenvalue weighted by Crippen LogP contribution is 2.18. The molecule has 1 aliphatic rings. The van der Waals surface area contributed by atoms with Gasteiger partial charge in [-0.2, -0.15) is 0 Å². The summed E-state index contributed by atoms with van der Waals surface area (Å²) in [5, 5.41) is 3.69. The van der Waals surface area contributed by atoms with Gasteiger partial charge in [-0.25, -0.2) is 4.98 Å². The van der Waals surface area contributed by atoms with Crippen LogP contribution in [0.4, 0.5) is 0 Å². The van der Waals surface area contributed by atoms with Crippen molar-refractivity contribution in [3.8, 4) is 0 Å². The molecule has 0 spiro atoms. The van der Waals surface area contributed by atoms with Gasteiger partial charge in [0.05, 0.1) is 23.5 Å². The number of hydrogen-bond donors (Lipinski definition) is 2. The molecule has 6 nitrogen and oxygen atoms in total. The van der Waals surface area contributed by atoms with Crippen LogP contribution in [0.1, 0.15) is 38.4 Å². The molecule has 1 atom stereocenters. The van der Waals surface area contributed by atoms with Gasteiger partial charge >= 0.3 is 0 Å². The van der Waals surface area contributed by atoms with Gasteiger partial charge < -0.3 is 10.3 Å². The lowest BCUT2D eigenvalue weighted by molar-refractivity contribution is -0.126. The van der Waals surface area contributed by atoms with Gasteiger partial charge in [0.2, 0.25) is 5.91 Å². The fourth-order valence-electron chi connectivity index (χ4n) is 3.18. The average molecular weight is 328 g/mol. The Morgan fingerprint density at radius 3 is 2.83 bits per heavy atom. The second kappa shape index (κ2) is 7.13. The van der Waals surface area contributed by atoms with Crippen molar-refractivity contribution in [1.29, 1.82) is 0 Å². The maximum Gasteiger partial charge on any atom is 0.258 e. The summed E-state index contributed by atoms with van der Waals surface area (Å²) >= 11 is 0. The quantitative estimate of drug-likeness (QED) is 0.877. The van der Waals surface area contributed by atoms with E-state index < -0.39 is 0 Å². The predicted octanol–water partition coefficient (Wildman–Crippen LogP) is 1.80. The summed E-state index contributed by atoms with van der Waals surface area (Å²) in [5.41, 5.74) is 0.528. The van der Waals surface area contributed by atoms with E-state index in [1.54, 1.807) is 6.07 Å². The lowest BCUT2D eigenvalue weighted by Gasteiger charge is -2.25. The molecule has 2 N–H and O–H groups in total. The number of nitrogens with zero attached hydrogens (tertiary/aromatic N) is 2. The van der Waals surface area contributed by atoms with Crippen LogP contribution in [-0.4, -0.2) is 39.9 Å². The third-order valence-electron chi connectivity index (χ3n) is 4.80. The number of H-pyrrole nitrogens is 1. The minimum Gasteiger partial charge on any atom is -0.352 e. The minimum atomic E-state index is -0.276. The van der Waals surface area contributed by atoms with Crippen LogP contribution in [0.25, 0.3) is 10.9 Å². The van der Waals surface area contributed by atoms with Gasteiger partial charge in [0.1, 0.15) is 5.82 Å². The number of fused-ring (bicyclic) bond motifs is 1. The molecular formula is C18H24N4O2. The third kappa shape index (κ3) is 3.64. The summed E-state index contributed by atoms with van der Waals surface area (Å²) in [6.45, 7) is 2.29. The second-order valence-corrected chi connectivity index (χ2v) is 6.61. The monoisotopic (exact) mass is 328 g/mol. The van der Waals surface area contributed by atoms with Crippen LogP contribution in [0.2, 0.25) is 0 Å². The zero-order valence-electron chi connectivity index (χ0n) is 14.2. The molecule has 1 heterocycles. The number of aromatic amines is 1. The van der Waals surface area contributed by atoms with Crippen LogP contribution < -0.4 is 10.9 Å². The fourth-order valence-corrected chi connectivity index (χ4v) is 3.18. The van der Waals surface area contributed by atoms with E-state index in [2.05, 4.69) is 15.3 Å². The highest BCUT2D eigenvalue weighted by atomic mass is 16.2. The molecule has 0 aliphatic heterocycles. The van der Waals surface area contributed by atoms with Crippen molar-refractivity contribution in [3.63, 3.8) is 0 Å². The van der Waals surface area contributed by atoms with Crippen molar-refractivity contribution in [3.05, 3.63) is 40.4 Å². The molecule has 128 valence electrons. The van der Waals surface area contributed by atoms with Gasteiger partial charge in [0.25, 0.3) is 5.56 Å². The standard InChI is InChI=1S/C18H24N4O2/c1-12(17(23)19-13-7-3-4-8-13)22(2)11-16-20-15-10-6-5-9-14(15)18(24)21-16/h5-6,9-10,12-13H,3-4,7-8,11H2,1-2H3,(H,19,23)(H,20,21,24). The molecule has 0 bridgehead atoms. The number of nitrogens with one attached hydrogen (secondary N) is 2. The molecule has 1 amide bonds. The van der Waals surface area contributed by atoms with Crippen molar-refractivity contribution >= 4 is 16.8 Å². The van der Waals surface area contributed by atoms with Crippen molar-refractivity contribution in [1.82, 2.24) is 20.2 Å². The Hall–Kier alpha value is -2.21. The molecule has 0 radical (unpaired) electrons. The Bertz CT molecular complexity index is 780. The number of likely N-dealkylation sites (N-methyl/N-ethyl adjacent to an activating group) is 1. The van der Waals surface area contributed by atoms with Crippen LogP contribution in [-0.2, 0) is 11.3 Å². The predicted molar refractivity (Wildman–Crippen MR) is 93.7 cm³/mol. The Labute approximate surface area is 141 Å². The summed E-state index contributed by atoms with van der Waals surface area (Å²) < 4.78 is 0. The van der Waals surface area contributed by atoms with Crippen molar-refractivity contribution in [2.45, 2.75) is 51.2 Å². The summed E-state index contributed by atoms with van der Waals surface area (Å²) in [5.74, 6) is 0.606. The Morgan fingerprint density at radius 1 is 1.38 bits per heavy atom. The van der Waals surface area contributed by atoms with E-state index in [1.807, 2.05) is 37.1 Å². The van der Waals surface area contributed by atoms with E-state index in [1.165, 1.54) is 12.8 Å². The Morgan fingerprint density at radius 2 is 2.08 bits per heavy atom. The smallest absolute Gasteiger partial charge is 0.258 e. The first-order valence-corrected chi connectivity index (χ1v) is 8.53. The number of amides is 1. The Kier molecular flexibility index (Phi) is 4.94. The summed E-state index contributed by atoms with van der Waals surface area (Å²) in [4.78, 5) is 33.7. The molecule has 0 saturated heterocycles. The lowest BCUT2D eigenvalue weighted by Crippen LogP contribution is -2.46. The molecule has 3 rings (SSSR count). The first kappa shape index (κ1) is 16.6. The molecule has 1 saturated carbocycles. The van der Waals surface area contributed by atoms with Gasteiger partial charge in [0.15, 0.2) is 0 Å². The van der Waals surface area contributed by atoms with Crippen LogP contribution in [0.3, 0.4) is 0 Å². The molecule has 1 unspecified atom stereocenters. The van der Waals surface area contributed by atoms with Gasteiger partial charge in [-0.1, -0.05) is 25.0 Å². The Balaban J connectivity index is 1.68. The van der Waals surface area contributed by atoms with Crippen molar-refractivity contribution < 1.29 is 4.79 Å². The summed E-state index contributed by atoms with van der Waals surface area (Å²) in [6, 6.07) is 7.30. The zero-order valence-corrected chi connectivity index (χ0v) is 14.2. The van der Waals surface area contributed by atoms with E-state index >= 15 is 0 Å². The largest absolute Gasteiger partial charge is 0.352 e. The van der Waals surface area contributed by atoms with Gasteiger partial charge in [-0.05, 0) is 38.9 Å². The third-order valence-corrected chi connectivity index (χ3v) is 4.80. The lowest BCUT2D eigenvalue weighted by atomic mass is 10.2. The normalized spacial score (nSPS) is 16.6. The molecule has 1 aromatic heterocycles. The minimum absolute atomic E-state index is 0.0348. The van der Waals surface area contributed by atoms with Crippen LogP contribution >= 0.6 is 0 Å². The summed E-state index contributed by atoms with van der Waals surface area (Å²) in [7, 11) is 1.87. The number of carbonyl (C=O) groups excluding carboxylic acids is 1. The maximum absolute atomic E-state index is 12.4. The van der Waals surface area contributed by atoms with Crippen LogP contribution in [0, 0.1) is 0 Å². The molecule has 1 fully saturated rings. The van der Waals surface area contributed by atoms with Crippen molar-refractivity contribution in [2.75, 3.05) is 7.05 Å². The molecule has 6 heteroatoms. The molecule has 1 aliphatic carbocycles. The van der Waals surface area contributed by atoms with E-state index in [9.17, 15) is 9.59 Å². The molecular weight excluding hydrogens is 304 g/mol. The number of para-hydroxylation sites is 1. The molecule has 2 aromatic rings. The van der Waals surface area contributed by atoms with E-state index in [0.29, 0.717) is 29.3 Å². The SMILES string of the molecule is CC(C(=O)NC1CCCC1)N(C)Cc1nc2ccccc2c(=O)[nH]1. The maximum atomic E-state index is 12.4. The summed E-state index contributed by atoms with van der Waals surface area (Å²) in [6.07, 6.45) is 4.53. The van der Waals surface area contributed by atoms with Crippen LogP contribution in [0.5, 0.6) is 0 Å². The van der Waals surface area contributed by atoms with Gasteiger partial charge in [0, 0.05) is 6.04 Å². The highest BCUT2D eigenvalue weighted by Gasteiger charge is 2.23. The number of rotatable bonds is 5. The number of hydrogen-bond acceptors (Lipinski definition) is 4. The number of carbonyl (C=O) groups is 1. The first-order chi connectivity index (χ1) is 11.5. The van der Waals surface area contributed by atoms with Crippen molar-refractivity contribution in [2.24, 2.45) is 0 Å². The van der Waals surface area contributed by atoms with E-state index in [-0.39, 0.29) is 17.5 Å². The molecule has 24 heavy (non-hydrogen) atoms. The fraction of sp³-hybridized carbons (Fsp3) is 0.500. The highest BCUT2D eigenvalue weighted by molar-refractivity contribution is 5.81. The average Bonchev–Trinajstić information content (AvgIpc) is 3.07. The van der Waals surface area contributed by atoms with Gasteiger partial charge in [-0.15, -0.1) is 0 Å². The van der Waals surface area contributed by atoms with Gasteiger partial charge in [-0.3, -0.25) is 14.5 Å².